The van der Waals surface area contributed by atoms with Crippen molar-refractivity contribution < 1.29 is 0 Å². The topological polar surface area (TPSA) is 39.0 Å². The zero-order chi connectivity index (χ0) is 11.4. The first-order valence-electron chi connectivity index (χ1n) is 5.54. The Morgan fingerprint density at radius 3 is 2.47 bits per heavy atom. The van der Waals surface area contributed by atoms with E-state index in [4.69, 9.17) is 0 Å². The number of likely N-dealkylation sites (N-methyl/N-ethyl adjacent to an activating group) is 1. The summed E-state index contributed by atoms with van der Waals surface area (Å²) in [5.41, 5.74) is 0.0821. The second-order valence-electron chi connectivity index (χ2n) is 4.13. The lowest BCUT2D eigenvalue weighted by Gasteiger charge is -2.13. The molecule has 1 aromatic heterocycles. The third-order valence-corrected chi connectivity index (χ3v) is 2.75. The molecule has 0 aliphatic carbocycles. The molecule has 0 aliphatic heterocycles. The molecular weight excluding hydrogens is 190 g/mol. The molecule has 0 saturated carbocycles. The Morgan fingerprint density at radius 1 is 1.40 bits per heavy atom. The summed E-state index contributed by atoms with van der Waals surface area (Å²) in [6.45, 7) is 6.89. The van der Waals surface area contributed by atoms with Crippen molar-refractivity contribution in [2.24, 2.45) is 0 Å². The Bertz CT molecular complexity index is 347. The molecule has 0 spiro atoms. The number of nitrogens with one attached hydrogen (secondary N) is 1. The van der Waals surface area contributed by atoms with Gasteiger partial charge in [0, 0.05) is 31.0 Å². The van der Waals surface area contributed by atoms with Crippen molar-refractivity contribution >= 4 is 0 Å². The standard InChI is InChI=1S/C11H21N3O/c1-5-10(12-4)8-13-6-7-14(9(2)3)11(13)15/h6-7,9-10,12H,5,8H2,1-4H3. The van der Waals surface area contributed by atoms with Crippen LogP contribution in [0.3, 0.4) is 0 Å². The molecule has 15 heavy (non-hydrogen) atoms. The fourth-order valence-corrected chi connectivity index (χ4v) is 1.62. The third-order valence-electron chi connectivity index (χ3n) is 2.75. The Kier molecular flexibility index (Phi) is 4.15. The van der Waals surface area contributed by atoms with E-state index in [0.717, 1.165) is 13.0 Å². The van der Waals surface area contributed by atoms with Crippen molar-refractivity contribution in [3.8, 4) is 0 Å². The molecule has 0 aromatic carbocycles. The van der Waals surface area contributed by atoms with Crippen LogP contribution in [-0.2, 0) is 6.54 Å². The van der Waals surface area contributed by atoms with E-state index in [9.17, 15) is 4.79 Å². The Morgan fingerprint density at radius 2 is 2.07 bits per heavy atom. The average Bonchev–Trinajstić information content (AvgIpc) is 2.56. The highest BCUT2D eigenvalue weighted by Crippen LogP contribution is 2.00. The van der Waals surface area contributed by atoms with Crippen molar-refractivity contribution in [1.82, 2.24) is 14.5 Å². The van der Waals surface area contributed by atoms with Crippen molar-refractivity contribution in [3.63, 3.8) is 0 Å². The highest BCUT2D eigenvalue weighted by atomic mass is 16.1. The predicted molar refractivity (Wildman–Crippen MR) is 62.2 cm³/mol. The number of rotatable bonds is 5. The SMILES string of the molecule is CCC(Cn1ccn(C(C)C)c1=O)NC. The molecule has 0 bridgehead atoms. The van der Waals surface area contributed by atoms with Crippen LogP contribution >= 0.6 is 0 Å². The van der Waals surface area contributed by atoms with Gasteiger partial charge in [-0.05, 0) is 27.3 Å². The van der Waals surface area contributed by atoms with Gasteiger partial charge in [-0.1, -0.05) is 6.92 Å². The third kappa shape index (κ3) is 2.72. The molecule has 0 fully saturated rings. The van der Waals surface area contributed by atoms with Crippen LogP contribution in [0.4, 0.5) is 0 Å². The van der Waals surface area contributed by atoms with E-state index in [1.807, 2.05) is 33.3 Å². The molecule has 1 unspecified atom stereocenters. The van der Waals surface area contributed by atoms with Gasteiger partial charge in [0.15, 0.2) is 0 Å². The maximum absolute atomic E-state index is 11.9. The van der Waals surface area contributed by atoms with Crippen molar-refractivity contribution in [2.75, 3.05) is 7.05 Å². The molecule has 0 amide bonds. The van der Waals surface area contributed by atoms with Crippen LogP contribution < -0.4 is 11.0 Å². The molecule has 0 radical (unpaired) electrons. The van der Waals surface area contributed by atoms with E-state index < -0.39 is 0 Å². The fourth-order valence-electron chi connectivity index (χ4n) is 1.62. The molecule has 1 aromatic rings. The van der Waals surface area contributed by atoms with Crippen LogP contribution in [0.5, 0.6) is 0 Å². The summed E-state index contributed by atoms with van der Waals surface area (Å²) in [6.07, 6.45) is 4.74. The van der Waals surface area contributed by atoms with Crippen LogP contribution in [0.2, 0.25) is 0 Å². The first-order valence-corrected chi connectivity index (χ1v) is 5.54. The molecular formula is C11H21N3O. The highest BCUT2D eigenvalue weighted by molar-refractivity contribution is 4.85. The maximum Gasteiger partial charge on any atom is 0.328 e. The van der Waals surface area contributed by atoms with Gasteiger partial charge in [-0.25, -0.2) is 4.79 Å². The van der Waals surface area contributed by atoms with Gasteiger partial charge in [0.05, 0.1) is 0 Å². The number of nitrogens with zero attached hydrogens (tertiary/aromatic N) is 2. The minimum atomic E-state index is 0.0821. The van der Waals surface area contributed by atoms with Gasteiger partial charge >= 0.3 is 5.69 Å². The summed E-state index contributed by atoms with van der Waals surface area (Å²) in [4.78, 5) is 11.9. The Balaban J connectivity index is 2.83. The molecule has 86 valence electrons. The van der Waals surface area contributed by atoms with Gasteiger partial charge in [0.25, 0.3) is 0 Å². The first-order chi connectivity index (χ1) is 7.10. The number of imidazole rings is 1. The summed E-state index contributed by atoms with van der Waals surface area (Å²) < 4.78 is 3.52. The molecule has 4 heteroatoms. The monoisotopic (exact) mass is 211 g/mol. The van der Waals surface area contributed by atoms with Crippen molar-refractivity contribution in [1.29, 1.82) is 0 Å². The number of hydrogen-bond donors (Lipinski definition) is 1. The molecule has 1 atom stereocenters. The van der Waals surface area contributed by atoms with Gasteiger partial charge in [-0.3, -0.25) is 9.13 Å². The second-order valence-corrected chi connectivity index (χ2v) is 4.13. The van der Waals surface area contributed by atoms with Gasteiger partial charge < -0.3 is 5.32 Å². The average molecular weight is 211 g/mol. The lowest BCUT2D eigenvalue weighted by atomic mass is 10.2. The molecule has 4 nitrogen and oxygen atoms in total. The zero-order valence-electron chi connectivity index (χ0n) is 10.0. The van der Waals surface area contributed by atoms with Crippen LogP contribution in [0.25, 0.3) is 0 Å². The van der Waals surface area contributed by atoms with Gasteiger partial charge in [-0.15, -0.1) is 0 Å². The molecule has 1 heterocycles. The van der Waals surface area contributed by atoms with Crippen molar-refractivity contribution in [3.05, 3.63) is 22.9 Å². The van der Waals surface area contributed by atoms with E-state index >= 15 is 0 Å². The summed E-state index contributed by atoms with van der Waals surface area (Å²) in [5.74, 6) is 0. The van der Waals surface area contributed by atoms with Crippen LogP contribution in [0.15, 0.2) is 17.2 Å². The Labute approximate surface area is 90.9 Å². The molecule has 0 aliphatic rings. The first kappa shape index (κ1) is 12.0. The maximum atomic E-state index is 11.9. The summed E-state index contributed by atoms with van der Waals surface area (Å²) in [6, 6.07) is 0.596. The lowest BCUT2D eigenvalue weighted by molar-refractivity contribution is 0.451. The highest BCUT2D eigenvalue weighted by Gasteiger charge is 2.09. The van der Waals surface area contributed by atoms with Crippen LogP contribution in [0, 0.1) is 0 Å². The minimum absolute atomic E-state index is 0.0821. The van der Waals surface area contributed by atoms with E-state index in [0.29, 0.717) is 6.04 Å². The van der Waals surface area contributed by atoms with Crippen LogP contribution in [-0.4, -0.2) is 22.2 Å². The van der Waals surface area contributed by atoms with Gasteiger partial charge in [0.1, 0.15) is 0 Å². The number of aromatic nitrogens is 2. The zero-order valence-corrected chi connectivity index (χ0v) is 10.0. The van der Waals surface area contributed by atoms with E-state index in [-0.39, 0.29) is 11.7 Å². The largest absolute Gasteiger partial charge is 0.328 e. The predicted octanol–water partition coefficient (Wildman–Crippen LogP) is 1.23. The molecule has 1 rings (SSSR count). The van der Waals surface area contributed by atoms with Crippen LogP contribution in [0.1, 0.15) is 33.2 Å². The van der Waals surface area contributed by atoms with E-state index in [1.54, 1.807) is 9.13 Å². The summed E-state index contributed by atoms with van der Waals surface area (Å²) in [7, 11) is 1.93. The second kappa shape index (κ2) is 5.16. The lowest BCUT2D eigenvalue weighted by Crippen LogP contribution is -2.34. The van der Waals surface area contributed by atoms with E-state index in [2.05, 4.69) is 12.2 Å². The quantitative estimate of drug-likeness (QED) is 0.795. The van der Waals surface area contributed by atoms with Crippen molar-refractivity contribution in [2.45, 2.75) is 45.8 Å². The van der Waals surface area contributed by atoms with Gasteiger partial charge in [0.2, 0.25) is 0 Å². The molecule has 1 N–H and O–H groups in total. The Hall–Kier alpha value is -1.03. The van der Waals surface area contributed by atoms with E-state index in [1.165, 1.54) is 0 Å². The minimum Gasteiger partial charge on any atom is -0.315 e. The number of hydrogen-bond acceptors (Lipinski definition) is 2. The van der Waals surface area contributed by atoms with Gasteiger partial charge in [-0.2, -0.15) is 0 Å². The summed E-state index contributed by atoms with van der Waals surface area (Å²) in [5, 5.41) is 3.20. The smallest absolute Gasteiger partial charge is 0.315 e. The molecule has 0 saturated heterocycles. The normalized spacial score (nSPS) is 13.4. The summed E-state index contributed by atoms with van der Waals surface area (Å²) >= 11 is 0. The fraction of sp³-hybridized carbons (Fsp3) is 0.727.